The lowest BCUT2D eigenvalue weighted by Crippen LogP contribution is -2.37. The third kappa shape index (κ3) is 2.96. The van der Waals surface area contributed by atoms with Gasteiger partial charge in [-0.25, -0.2) is 0 Å². The lowest BCUT2D eigenvalue weighted by molar-refractivity contribution is 0.211. The highest BCUT2D eigenvalue weighted by Crippen LogP contribution is 2.18. The summed E-state index contributed by atoms with van der Waals surface area (Å²) in [6.45, 7) is 1.13. The summed E-state index contributed by atoms with van der Waals surface area (Å²) in [5.41, 5.74) is 0.917. The summed E-state index contributed by atoms with van der Waals surface area (Å²) in [5, 5.41) is 0. The standard InChI is InChI=1S/C11H15NO4S/c1-15-11-5-3-10(4-6-11)9-12-7-2-8-16-17(12,13)14/h3-6H,2,7-9H2,1H3. The molecule has 1 heterocycles. The Morgan fingerprint density at radius 3 is 2.65 bits per heavy atom. The van der Waals surface area contributed by atoms with E-state index in [1.54, 1.807) is 7.11 Å². The van der Waals surface area contributed by atoms with E-state index in [1.807, 2.05) is 24.3 Å². The third-order valence-electron chi connectivity index (χ3n) is 2.62. The van der Waals surface area contributed by atoms with Crippen molar-refractivity contribution >= 4 is 10.3 Å². The lowest BCUT2D eigenvalue weighted by atomic mass is 10.2. The topological polar surface area (TPSA) is 55.8 Å². The molecule has 0 spiro atoms. The van der Waals surface area contributed by atoms with Crippen LogP contribution in [0.15, 0.2) is 24.3 Å². The summed E-state index contributed by atoms with van der Waals surface area (Å²) in [4.78, 5) is 0. The SMILES string of the molecule is COc1ccc(CN2CCCOS2(=O)=O)cc1. The van der Waals surface area contributed by atoms with Crippen LogP contribution in [0.3, 0.4) is 0 Å². The molecule has 0 bridgehead atoms. The molecule has 6 heteroatoms. The smallest absolute Gasteiger partial charge is 0.338 e. The van der Waals surface area contributed by atoms with Gasteiger partial charge in [-0.2, -0.15) is 12.7 Å². The minimum absolute atomic E-state index is 0.279. The summed E-state index contributed by atoms with van der Waals surface area (Å²) in [6.07, 6.45) is 0.732. The van der Waals surface area contributed by atoms with Crippen LogP contribution in [0.5, 0.6) is 5.75 Å². The average molecular weight is 257 g/mol. The van der Waals surface area contributed by atoms with Crippen LogP contribution in [0.1, 0.15) is 12.0 Å². The molecule has 0 radical (unpaired) electrons. The van der Waals surface area contributed by atoms with Gasteiger partial charge in [-0.1, -0.05) is 12.1 Å². The van der Waals surface area contributed by atoms with Crippen molar-refractivity contribution in [3.8, 4) is 5.75 Å². The number of benzene rings is 1. The van der Waals surface area contributed by atoms with Gasteiger partial charge in [-0.3, -0.25) is 4.18 Å². The van der Waals surface area contributed by atoms with E-state index in [-0.39, 0.29) is 6.61 Å². The van der Waals surface area contributed by atoms with Gasteiger partial charge in [0.1, 0.15) is 5.75 Å². The average Bonchev–Trinajstić information content (AvgIpc) is 2.33. The Kier molecular flexibility index (Phi) is 3.66. The zero-order valence-electron chi connectivity index (χ0n) is 9.63. The fourth-order valence-electron chi connectivity index (χ4n) is 1.68. The summed E-state index contributed by atoms with van der Waals surface area (Å²) >= 11 is 0. The van der Waals surface area contributed by atoms with Gasteiger partial charge < -0.3 is 4.74 Å². The van der Waals surface area contributed by atoms with Gasteiger partial charge in [0.05, 0.1) is 13.7 Å². The molecule has 2 rings (SSSR count). The second-order valence-electron chi connectivity index (χ2n) is 3.81. The van der Waals surface area contributed by atoms with Gasteiger partial charge >= 0.3 is 10.3 Å². The number of rotatable bonds is 3. The van der Waals surface area contributed by atoms with E-state index in [4.69, 9.17) is 8.92 Å². The highest BCUT2D eigenvalue weighted by Gasteiger charge is 2.26. The molecule has 94 valence electrons. The van der Waals surface area contributed by atoms with E-state index >= 15 is 0 Å². The van der Waals surface area contributed by atoms with Gasteiger partial charge in [0.2, 0.25) is 0 Å². The molecule has 1 fully saturated rings. The fourth-order valence-corrected chi connectivity index (χ4v) is 2.82. The molecular weight excluding hydrogens is 242 g/mol. The first-order valence-corrected chi connectivity index (χ1v) is 6.76. The molecule has 0 aromatic heterocycles. The van der Waals surface area contributed by atoms with Crippen LogP contribution < -0.4 is 4.74 Å². The summed E-state index contributed by atoms with van der Waals surface area (Å²) < 4.78 is 34.3. The van der Waals surface area contributed by atoms with Crippen LogP contribution in [0.25, 0.3) is 0 Å². The summed E-state index contributed by atoms with van der Waals surface area (Å²) in [7, 11) is -1.94. The fraction of sp³-hybridized carbons (Fsp3) is 0.455. The zero-order valence-corrected chi connectivity index (χ0v) is 10.4. The van der Waals surface area contributed by atoms with Crippen LogP contribution in [0.4, 0.5) is 0 Å². The highest BCUT2D eigenvalue weighted by molar-refractivity contribution is 7.84. The molecule has 5 nitrogen and oxygen atoms in total. The number of hydrogen-bond donors (Lipinski definition) is 0. The first-order chi connectivity index (χ1) is 8.12. The molecule has 1 aromatic rings. The van der Waals surface area contributed by atoms with Crippen molar-refractivity contribution in [1.82, 2.24) is 4.31 Å². The Hall–Kier alpha value is -1.11. The largest absolute Gasteiger partial charge is 0.497 e. The molecule has 0 unspecified atom stereocenters. The van der Waals surface area contributed by atoms with Crippen molar-refractivity contribution < 1.29 is 17.3 Å². The third-order valence-corrected chi connectivity index (χ3v) is 4.03. The number of nitrogens with zero attached hydrogens (tertiary/aromatic N) is 1. The number of hydrogen-bond acceptors (Lipinski definition) is 4. The van der Waals surface area contributed by atoms with Crippen LogP contribution in [0.2, 0.25) is 0 Å². The van der Waals surface area contributed by atoms with Crippen LogP contribution in [-0.2, 0) is 21.0 Å². The molecule has 0 saturated carbocycles. The molecule has 1 aliphatic rings. The quantitative estimate of drug-likeness (QED) is 0.815. The van der Waals surface area contributed by atoms with Gasteiger partial charge in [-0.05, 0) is 24.1 Å². The maximum Gasteiger partial charge on any atom is 0.338 e. The molecule has 0 atom stereocenters. The van der Waals surface area contributed by atoms with Crippen molar-refractivity contribution in [2.24, 2.45) is 0 Å². The van der Waals surface area contributed by atoms with Crippen LogP contribution in [-0.4, -0.2) is 33.0 Å². The maximum absolute atomic E-state index is 11.6. The molecule has 1 aliphatic heterocycles. The highest BCUT2D eigenvalue weighted by atomic mass is 32.2. The normalized spacial score (nSPS) is 20.1. The predicted octanol–water partition coefficient (Wildman–Crippen LogP) is 1.16. The van der Waals surface area contributed by atoms with Crippen LogP contribution in [0, 0.1) is 0 Å². The second kappa shape index (κ2) is 5.03. The van der Waals surface area contributed by atoms with Gasteiger partial charge in [0, 0.05) is 13.1 Å². The van der Waals surface area contributed by atoms with E-state index in [9.17, 15) is 8.42 Å². The zero-order chi connectivity index (χ0) is 12.3. The molecule has 0 aliphatic carbocycles. The molecule has 17 heavy (non-hydrogen) atoms. The first kappa shape index (κ1) is 12.3. The van der Waals surface area contributed by atoms with Gasteiger partial charge in [0.25, 0.3) is 0 Å². The lowest BCUT2D eigenvalue weighted by Gasteiger charge is -2.25. The van der Waals surface area contributed by atoms with E-state index in [1.165, 1.54) is 4.31 Å². The van der Waals surface area contributed by atoms with E-state index in [0.29, 0.717) is 13.1 Å². The first-order valence-electron chi connectivity index (χ1n) is 5.39. The molecule has 0 amide bonds. The monoisotopic (exact) mass is 257 g/mol. The Bertz CT molecular complexity index is 469. The molecule has 1 saturated heterocycles. The van der Waals surface area contributed by atoms with E-state index < -0.39 is 10.3 Å². The van der Waals surface area contributed by atoms with Crippen molar-refractivity contribution in [1.29, 1.82) is 0 Å². The summed E-state index contributed by atoms with van der Waals surface area (Å²) in [5.74, 6) is 0.756. The van der Waals surface area contributed by atoms with Gasteiger partial charge in [-0.15, -0.1) is 0 Å². The van der Waals surface area contributed by atoms with Gasteiger partial charge in [0.15, 0.2) is 0 Å². The van der Waals surface area contributed by atoms with Crippen LogP contribution >= 0.6 is 0 Å². The van der Waals surface area contributed by atoms with Crippen molar-refractivity contribution in [2.75, 3.05) is 20.3 Å². The Morgan fingerprint density at radius 2 is 2.06 bits per heavy atom. The van der Waals surface area contributed by atoms with Crippen molar-refractivity contribution in [2.45, 2.75) is 13.0 Å². The van der Waals surface area contributed by atoms with E-state index in [2.05, 4.69) is 0 Å². The Balaban J connectivity index is 2.09. The molecule has 1 aromatic carbocycles. The minimum atomic E-state index is -3.54. The Labute approximate surface area is 101 Å². The summed E-state index contributed by atoms with van der Waals surface area (Å²) in [6, 6.07) is 7.32. The molecule has 0 N–H and O–H groups in total. The number of ether oxygens (including phenoxy) is 1. The number of methoxy groups -OCH3 is 1. The van der Waals surface area contributed by atoms with Crippen molar-refractivity contribution in [3.63, 3.8) is 0 Å². The second-order valence-corrected chi connectivity index (χ2v) is 5.42. The molecular formula is C11H15NO4S. The van der Waals surface area contributed by atoms with E-state index in [0.717, 1.165) is 17.7 Å². The maximum atomic E-state index is 11.6. The minimum Gasteiger partial charge on any atom is -0.497 e. The predicted molar refractivity (Wildman–Crippen MR) is 62.9 cm³/mol. The Morgan fingerprint density at radius 1 is 1.35 bits per heavy atom. The van der Waals surface area contributed by atoms with Crippen molar-refractivity contribution in [3.05, 3.63) is 29.8 Å².